The fraction of sp³-hybridized carbons (Fsp3) is 0.222. The molecule has 0 saturated heterocycles. The van der Waals surface area contributed by atoms with Gasteiger partial charge in [0.05, 0.1) is 15.5 Å². The molecule has 158 valence electrons. The van der Waals surface area contributed by atoms with Gasteiger partial charge in [-0.25, -0.2) is 9.07 Å². The Bertz CT molecular complexity index is 1100. The summed E-state index contributed by atoms with van der Waals surface area (Å²) in [6.45, 7) is 0. The van der Waals surface area contributed by atoms with Crippen LogP contribution in [0.15, 0.2) is 40.2 Å². The average molecular weight is 524 g/mol. The molecule has 0 radical (unpaired) electrons. The van der Waals surface area contributed by atoms with Crippen LogP contribution in [0.25, 0.3) is 0 Å². The van der Waals surface area contributed by atoms with Crippen molar-refractivity contribution in [3.8, 4) is 0 Å². The summed E-state index contributed by atoms with van der Waals surface area (Å²) in [4.78, 5) is 13.4. The van der Waals surface area contributed by atoms with Crippen molar-refractivity contribution in [1.29, 1.82) is 0 Å². The van der Waals surface area contributed by atoms with Crippen LogP contribution in [0.1, 0.15) is 33.9 Å². The van der Waals surface area contributed by atoms with Crippen LogP contribution in [0.5, 0.6) is 0 Å². The Hall–Kier alpha value is -2.11. The lowest BCUT2D eigenvalue weighted by Crippen LogP contribution is -2.35. The van der Waals surface area contributed by atoms with Crippen LogP contribution in [-0.2, 0) is 0 Å². The number of hydrogen-bond acceptors (Lipinski definition) is 4. The molecule has 0 saturated carbocycles. The Morgan fingerprint density at radius 1 is 1.37 bits per heavy atom. The lowest BCUT2D eigenvalue weighted by molar-refractivity contribution is -0.173. The quantitative estimate of drug-likeness (QED) is 0.390. The van der Waals surface area contributed by atoms with E-state index in [1.807, 2.05) is 0 Å². The van der Waals surface area contributed by atoms with Crippen LogP contribution in [0.3, 0.4) is 0 Å². The number of fused-ring (bicyclic) bond motifs is 1. The van der Waals surface area contributed by atoms with Gasteiger partial charge in [0.2, 0.25) is 0 Å². The topological polar surface area (TPSA) is 59.0 Å². The number of rotatable bonds is 3. The van der Waals surface area contributed by atoms with Gasteiger partial charge < -0.3 is 10.6 Å². The second-order valence-electron chi connectivity index (χ2n) is 6.54. The van der Waals surface area contributed by atoms with E-state index in [1.54, 1.807) is 17.5 Å². The zero-order valence-electron chi connectivity index (χ0n) is 14.8. The number of nitrogens with one attached hydrogen (secondary N) is 2. The number of thiophene rings is 1. The zero-order valence-corrected chi connectivity index (χ0v) is 18.0. The fourth-order valence-electron chi connectivity index (χ4n) is 3.17. The molecule has 0 fully saturated rings. The van der Waals surface area contributed by atoms with Crippen molar-refractivity contribution in [1.82, 2.24) is 9.78 Å². The molecule has 2 aromatic heterocycles. The van der Waals surface area contributed by atoms with Crippen molar-refractivity contribution >= 4 is 56.3 Å². The van der Waals surface area contributed by atoms with Gasteiger partial charge in [0, 0.05) is 17.0 Å². The Morgan fingerprint density at radius 2 is 2.13 bits per heavy atom. The Morgan fingerprint density at radius 3 is 2.77 bits per heavy atom. The molecule has 3 aromatic rings. The molecular formula is C18H12BrClF4N4OS. The number of benzene rings is 1. The first kappa shape index (κ1) is 21.1. The highest BCUT2D eigenvalue weighted by Crippen LogP contribution is 2.46. The Labute approximate surface area is 185 Å². The summed E-state index contributed by atoms with van der Waals surface area (Å²) in [7, 11) is 0. The predicted molar refractivity (Wildman–Crippen MR) is 110 cm³/mol. The Kier molecular flexibility index (Phi) is 5.54. The molecule has 1 aromatic carbocycles. The molecular weight excluding hydrogens is 512 g/mol. The van der Waals surface area contributed by atoms with Gasteiger partial charge in [0.15, 0.2) is 11.7 Å². The normalized spacial score (nSPS) is 18.6. The molecule has 3 heterocycles. The largest absolute Gasteiger partial charge is 0.410 e. The lowest BCUT2D eigenvalue weighted by atomic mass is 10.0. The van der Waals surface area contributed by atoms with Gasteiger partial charge in [-0.3, -0.25) is 4.79 Å². The molecule has 0 aliphatic carbocycles. The first-order valence-electron chi connectivity index (χ1n) is 8.56. The van der Waals surface area contributed by atoms with Crippen molar-refractivity contribution < 1.29 is 22.4 Å². The lowest BCUT2D eigenvalue weighted by Gasteiger charge is -2.33. The summed E-state index contributed by atoms with van der Waals surface area (Å²) < 4.78 is 55.4. The first-order chi connectivity index (χ1) is 14.1. The SMILES string of the molecule is O=C(Nc1ccc(F)c(Cl)c1)c1nn2c(c1Br)N[C@H](c1cccs1)C[C@H]2C(F)(F)F. The molecule has 1 aliphatic heterocycles. The number of amides is 1. The molecule has 4 rings (SSSR count). The van der Waals surface area contributed by atoms with Gasteiger partial charge in [-0.1, -0.05) is 17.7 Å². The molecule has 0 bridgehead atoms. The van der Waals surface area contributed by atoms with E-state index >= 15 is 0 Å². The number of alkyl halides is 3. The minimum absolute atomic E-state index is 0.0595. The van der Waals surface area contributed by atoms with Gasteiger partial charge in [-0.15, -0.1) is 11.3 Å². The van der Waals surface area contributed by atoms with Gasteiger partial charge in [-0.2, -0.15) is 18.3 Å². The van der Waals surface area contributed by atoms with E-state index in [1.165, 1.54) is 23.5 Å². The maximum absolute atomic E-state index is 13.8. The van der Waals surface area contributed by atoms with Crippen LogP contribution in [0.4, 0.5) is 29.1 Å². The zero-order chi connectivity index (χ0) is 21.6. The van der Waals surface area contributed by atoms with Crippen LogP contribution in [0, 0.1) is 5.82 Å². The third-order valence-electron chi connectivity index (χ3n) is 4.57. The highest BCUT2D eigenvalue weighted by Gasteiger charge is 2.48. The maximum Gasteiger partial charge on any atom is 0.410 e. The van der Waals surface area contributed by atoms with Gasteiger partial charge in [0.25, 0.3) is 5.91 Å². The number of carbonyl (C=O) groups excluding carboxylic acids is 1. The predicted octanol–water partition coefficient (Wildman–Crippen LogP) is 6.41. The molecule has 1 aliphatic rings. The molecule has 2 N–H and O–H groups in total. The summed E-state index contributed by atoms with van der Waals surface area (Å²) in [6.07, 6.45) is -4.82. The van der Waals surface area contributed by atoms with Crippen molar-refractivity contribution in [3.63, 3.8) is 0 Å². The molecule has 12 heteroatoms. The van der Waals surface area contributed by atoms with Crippen molar-refractivity contribution in [2.24, 2.45) is 0 Å². The molecule has 2 atom stereocenters. The summed E-state index contributed by atoms with van der Waals surface area (Å²) in [6, 6.07) is 4.58. The van der Waals surface area contributed by atoms with Crippen LogP contribution >= 0.6 is 38.9 Å². The minimum atomic E-state index is -4.56. The van der Waals surface area contributed by atoms with E-state index in [9.17, 15) is 22.4 Å². The highest BCUT2D eigenvalue weighted by molar-refractivity contribution is 9.10. The second-order valence-corrected chi connectivity index (χ2v) is 8.72. The smallest absolute Gasteiger partial charge is 0.362 e. The third-order valence-corrected chi connectivity index (χ3v) is 6.60. The van der Waals surface area contributed by atoms with Gasteiger partial charge in [-0.05, 0) is 45.6 Å². The number of halogens is 6. The van der Waals surface area contributed by atoms with Crippen molar-refractivity contribution in [2.45, 2.75) is 24.7 Å². The number of hydrogen-bond donors (Lipinski definition) is 2. The average Bonchev–Trinajstić information content (AvgIpc) is 3.32. The van der Waals surface area contributed by atoms with Crippen molar-refractivity contribution in [3.05, 3.63) is 61.6 Å². The van der Waals surface area contributed by atoms with E-state index in [0.29, 0.717) is 0 Å². The van der Waals surface area contributed by atoms with E-state index < -0.39 is 30.0 Å². The highest BCUT2D eigenvalue weighted by atomic mass is 79.9. The number of aromatic nitrogens is 2. The second kappa shape index (κ2) is 7.86. The van der Waals surface area contributed by atoms with Crippen LogP contribution < -0.4 is 10.6 Å². The summed E-state index contributed by atoms with van der Waals surface area (Å²) in [5.41, 5.74) is -0.0555. The molecule has 30 heavy (non-hydrogen) atoms. The molecule has 0 spiro atoms. The van der Waals surface area contributed by atoms with Gasteiger partial charge >= 0.3 is 6.18 Å². The fourth-order valence-corrected chi connectivity index (χ4v) is 4.70. The third kappa shape index (κ3) is 3.93. The van der Waals surface area contributed by atoms with Gasteiger partial charge in [0.1, 0.15) is 11.6 Å². The monoisotopic (exact) mass is 522 g/mol. The van der Waals surface area contributed by atoms with E-state index in [4.69, 9.17) is 11.6 Å². The van der Waals surface area contributed by atoms with Crippen LogP contribution in [0.2, 0.25) is 5.02 Å². The van der Waals surface area contributed by atoms with E-state index in [2.05, 4.69) is 31.7 Å². The maximum atomic E-state index is 13.8. The summed E-state index contributed by atoms with van der Waals surface area (Å²) in [5, 5.41) is 11.0. The molecule has 0 unspecified atom stereocenters. The number of anilines is 2. The van der Waals surface area contributed by atoms with E-state index in [0.717, 1.165) is 15.6 Å². The minimum Gasteiger partial charge on any atom is -0.362 e. The summed E-state index contributed by atoms with van der Waals surface area (Å²) >= 11 is 10.3. The number of carbonyl (C=O) groups is 1. The van der Waals surface area contributed by atoms with E-state index in [-0.39, 0.29) is 33.1 Å². The number of nitrogens with zero attached hydrogens (tertiary/aromatic N) is 2. The molecule has 1 amide bonds. The first-order valence-corrected chi connectivity index (χ1v) is 10.6. The molecule has 5 nitrogen and oxygen atoms in total. The standard InChI is InChI=1S/C18H12BrClF4N4OS/c19-14-15(17(29)25-8-3-4-10(21)9(20)6-8)27-28-13(18(22,23)24)7-11(26-16(14)28)12-2-1-5-30-12/h1-6,11,13,26H,7H2,(H,25,29)/t11-,13-/m0/s1. The van der Waals surface area contributed by atoms with Crippen molar-refractivity contribution in [2.75, 3.05) is 10.6 Å². The Balaban J connectivity index is 1.69. The van der Waals surface area contributed by atoms with Crippen LogP contribution in [-0.4, -0.2) is 21.9 Å². The summed E-state index contributed by atoms with van der Waals surface area (Å²) in [5.74, 6) is -1.36.